The Hall–Kier alpha value is -1.35. The topological polar surface area (TPSA) is 57.2 Å². The van der Waals surface area contributed by atoms with Gasteiger partial charge in [0.15, 0.2) is 5.96 Å². The van der Waals surface area contributed by atoms with Crippen LogP contribution in [0.4, 0.5) is 5.69 Å². The summed E-state index contributed by atoms with van der Waals surface area (Å²) in [5.74, 6) is 1.68. The lowest BCUT2D eigenvalue weighted by Crippen LogP contribution is -2.41. The third kappa shape index (κ3) is 5.33. The van der Waals surface area contributed by atoms with Crippen molar-refractivity contribution in [2.45, 2.75) is 25.8 Å². The average Bonchev–Trinajstić information content (AvgIpc) is 3.27. The van der Waals surface area contributed by atoms with Crippen molar-refractivity contribution >= 4 is 41.5 Å². The highest BCUT2D eigenvalue weighted by atomic mass is 127. The van der Waals surface area contributed by atoms with Gasteiger partial charge in [-0.25, -0.2) is 0 Å². The van der Waals surface area contributed by atoms with Gasteiger partial charge in [0, 0.05) is 58.4 Å². The Balaban J connectivity index is 0.00000243. The van der Waals surface area contributed by atoms with E-state index in [1.165, 1.54) is 0 Å². The van der Waals surface area contributed by atoms with E-state index in [4.69, 9.17) is 4.74 Å². The predicted molar refractivity (Wildman–Crippen MR) is 115 cm³/mol. The maximum atomic E-state index is 11.9. The van der Waals surface area contributed by atoms with Gasteiger partial charge in [0.1, 0.15) is 0 Å². The highest BCUT2D eigenvalue weighted by Crippen LogP contribution is 2.22. The zero-order chi connectivity index (χ0) is 17.6. The molecule has 1 amide bonds. The second-order valence-electron chi connectivity index (χ2n) is 6.83. The number of halogens is 1. The van der Waals surface area contributed by atoms with E-state index in [1.807, 2.05) is 24.1 Å². The number of anilines is 1. The van der Waals surface area contributed by atoms with Crippen LogP contribution < -0.4 is 10.2 Å². The van der Waals surface area contributed by atoms with Gasteiger partial charge >= 0.3 is 0 Å². The first-order chi connectivity index (χ1) is 12.2. The molecule has 144 valence electrons. The van der Waals surface area contributed by atoms with Crippen LogP contribution in [0.3, 0.4) is 0 Å². The third-order valence-electron chi connectivity index (χ3n) is 4.88. The first kappa shape index (κ1) is 21.0. The van der Waals surface area contributed by atoms with Gasteiger partial charge < -0.3 is 19.9 Å². The van der Waals surface area contributed by atoms with Crippen LogP contribution in [0.2, 0.25) is 0 Å². The zero-order valence-electron chi connectivity index (χ0n) is 15.6. The minimum absolute atomic E-state index is 0. The van der Waals surface area contributed by atoms with Gasteiger partial charge in [0.05, 0.1) is 6.61 Å². The Labute approximate surface area is 173 Å². The van der Waals surface area contributed by atoms with E-state index in [-0.39, 0.29) is 29.9 Å². The highest BCUT2D eigenvalue weighted by Gasteiger charge is 2.22. The summed E-state index contributed by atoms with van der Waals surface area (Å²) in [6.07, 6.45) is 2.72. The van der Waals surface area contributed by atoms with Crippen LogP contribution in [0.15, 0.2) is 29.3 Å². The smallest absolute Gasteiger partial charge is 0.227 e. The van der Waals surface area contributed by atoms with Crippen LogP contribution in [0, 0.1) is 5.92 Å². The van der Waals surface area contributed by atoms with Crippen molar-refractivity contribution in [2.75, 3.05) is 45.3 Å². The summed E-state index contributed by atoms with van der Waals surface area (Å²) in [4.78, 5) is 20.3. The maximum Gasteiger partial charge on any atom is 0.227 e. The minimum atomic E-state index is 0. The van der Waals surface area contributed by atoms with Crippen LogP contribution >= 0.6 is 24.0 Å². The number of hydrogen-bond acceptors (Lipinski definition) is 3. The fourth-order valence-corrected chi connectivity index (χ4v) is 3.52. The molecule has 0 aromatic heterocycles. The second-order valence-corrected chi connectivity index (χ2v) is 6.83. The van der Waals surface area contributed by atoms with Crippen molar-refractivity contribution in [2.24, 2.45) is 10.9 Å². The second kappa shape index (κ2) is 10.1. The molecule has 0 saturated carbocycles. The lowest BCUT2D eigenvalue weighted by Gasteiger charge is -2.24. The first-order valence-corrected chi connectivity index (χ1v) is 9.06. The molecule has 2 aliphatic heterocycles. The SMILES string of the molecule is CN=C(NCc1cccc(N2CCCC2=O)c1)N(C)CC1CCOC1.I. The molecule has 2 aliphatic rings. The number of aliphatic imine (C=N–C) groups is 1. The quantitative estimate of drug-likeness (QED) is 0.407. The Morgan fingerprint density at radius 2 is 2.31 bits per heavy atom. The number of hydrogen-bond donors (Lipinski definition) is 1. The molecule has 2 fully saturated rings. The zero-order valence-corrected chi connectivity index (χ0v) is 17.9. The molecule has 0 bridgehead atoms. The molecule has 1 unspecified atom stereocenters. The number of nitrogens with one attached hydrogen (secondary N) is 1. The fourth-order valence-electron chi connectivity index (χ4n) is 3.52. The van der Waals surface area contributed by atoms with E-state index in [0.717, 1.165) is 56.4 Å². The molecule has 2 heterocycles. The van der Waals surface area contributed by atoms with Gasteiger partial charge in [-0.2, -0.15) is 0 Å². The summed E-state index contributed by atoms with van der Waals surface area (Å²) in [5, 5.41) is 3.42. The van der Waals surface area contributed by atoms with Crippen molar-refractivity contribution in [1.29, 1.82) is 0 Å². The normalized spacial score (nSPS) is 20.2. The fraction of sp³-hybridized carbons (Fsp3) is 0.579. The molecule has 26 heavy (non-hydrogen) atoms. The highest BCUT2D eigenvalue weighted by molar-refractivity contribution is 14.0. The molecule has 0 spiro atoms. The Morgan fingerprint density at radius 3 is 2.96 bits per heavy atom. The van der Waals surface area contributed by atoms with Crippen molar-refractivity contribution in [1.82, 2.24) is 10.2 Å². The van der Waals surface area contributed by atoms with Gasteiger partial charge in [0.25, 0.3) is 0 Å². The molecular weight excluding hydrogens is 443 g/mol. The van der Waals surface area contributed by atoms with Crippen molar-refractivity contribution < 1.29 is 9.53 Å². The predicted octanol–water partition coefficient (Wildman–Crippen LogP) is 2.48. The molecule has 6 nitrogen and oxygen atoms in total. The summed E-state index contributed by atoms with van der Waals surface area (Å²) in [7, 11) is 3.87. The third-order valence-corrected chi connectivity index (χ3v) is 4.88. The molecule has 1 aromatic rings. The van der Waals surface area contributed by atoms with E-state index < -0.39 is 0 Å². The standard InChI is InChI=1S/C19H28N4O2.HI/c1-20-19(22(2)13-16-8-10-25-14-16)21-12-15-5-3-6-17(11-15)23-9-4-7-18(23)24;/h3,5-6,11,16H,4,7-10,12-14H2,1-2H3,(H,20,21);1H. The molecule has 1 N–H and O–H groups in total. The van der Waals surface area contributed by atoms with Gasteiger partial charge in [-0.3, -0.25) is 9.79 Å². The molecule has 0 aliphatic carbocycles. The molecule has 3 rings (SSSR count). The van der Waals surface area contributed by atoms with Crippen LogP contribution in [-0.2, 0) is 16.1 Å². The van der Waals surface area contributed by atoms with Crippen molar-refractivity contribution in [3.8, 4) is 0 Å². The number of guanidine groups is 1. The molecule has 7 heteroatoms. The van der Waals surface area contributed by atoms with E-state index in [2.05, 4.69) is 34.4 Å². The van der Waals surface area contributed by atoms with E-state index in [0.29, 0.717) is 18.9 Å². The monoisotopic (exact) mass is 472 g/mol. The van der Waals surface area contributed by atoms with E-state index in [9.17, 15) is 4.79 Å². The molecule has 0 radical (unpaired) electrons. The Morgan fingerprint density at radius 1 is 1.46 bits per heavy atom. The van der Waals surface area contributed by atoms with E-state index >= 15 is 0 Å². The minimum Gasteiger partial charge on any atom is -0.381 e. The first-order valence-electron chi connectivity index (χ1n) is 9.06. The number of nitrogens with zero attached hydrogens (tertiary/aromatic N) is 3. The van der Waals surface area contributed by atoms with Crippen molar-refractivity contribution in [3.63, 3.8) is 0 Å². The van der Waals surface area contributed by atoms with Gasteiger partial charge in [-0.05, 0) is 30.5 Å². The number of carbonyl (C=O) groups is 1. The van der Waals surface area contributed by atoms with Crippen molar-refractivity contribution in [3.05, 3.63) is 29.8 Å². The van der Waals surface area contributed by atoms with E-state index in [1.54, 1.807) is 0 Å². The number of carbonyl (C=O) groups excluding carboxylic acids is 1. The Bertz CT molecular complexity index is 632. The number of amides is 1. The summed E-state index contributed by atoms with van der Waals surface area (Å²) >= 11 is 0. The summed E-state index contributed by atoms with van der Waals surface area (Å²) in [6.45, 7) is 4.17. The van der Waals surface area contributed by atoms with Crippen LogP contribution in [0.5, 0.6) is 0 Å². The summed E-state index contributed by atoms with van der Waals surface area (Å²) in [5.41, 5.74) is 2.14. The molecule has 2 saturated heterocycles. The van der Waals surface area contributed by atoms with Crippen LogP contribution in [-0.4, -0.2) is 57.2 Å². The largest absolute Gasteiger partial charge is 0.381 e. The molecular formula is C19H29IN4O2. The summed E-state index contributed by atoms with van der Waals surface area (Å²) in [6, 6.07) is 8.19. The lowest BCUT2D eigenvalue weighted by molar-refractivity contribution is -0.117. The molecule has 1 atom stereocenters. The van der Waals surface area contributed by atoms with Gasteiger partial charge in [0.2, 0.25) is 5.91 Å². The number of rotatable bonds is 5. The average molecular weight is 472 g/mol. The number of benzene rings is 1. The molecule has 1 aromatic carbocycles. The number of ether oxygens (including phenoxy) is 1. The van der Waals surface area contributed by atoms with Gasteiger partial charge in [-0.1, -0.05) is 12.1 Å². The maximum absolute atomic E-state index is 11.9. The Kier molecular flexibility index (Phi) is 8.15. The van der Waals surface area contributed by atoms with Gasteiger partial charge in [-0.15, -0.1) is 24.0 Å². The summed E-state index contributed by atoms with van der Waals surface area (Å²) < 4.78 is 5.45. The lowest BCUT2D eigenvalue weighted by atomic mass is 10.1. The van der Waals surface area contributed by atoms with Crippen LogP contribution in [0.1, 0.15) is 24.8 Å². The van der Waals surface area contributed by atoms with Crippen LogP contribution in [0.25, 0.3) is 0 Å².